The molecule has 0 aliphatic rings. The highest BCUT2D eigenvalue weighted by atomic mass is 32.1. The number of thiophene rings is 1. The van der Waals surface area contributed by atoms with Crippen LogP contribution in [0, 0.1) is 0 Å². The van der Waals surface area contributed by atoms with E-state index >= 15 is 0 Å². The molecule has 0 saturated heterocycles. The van der Waals surface area contributed by atoms with Crippen molar-refractivity contribution in [3.05, 3.63) is 53.2 Å². The predicted octanol–water partition coefficient (Wildman–Crippen LogP) is 3.16. The topological polar surface area (TPSA) is 74.5 Å². The fraction of sp³-hybridized carbons (Fsp3) is 0.133. The number of carbonyl (C=O) groups is 1. The third kappa shape index (κ3) is 2.99. The Kier molecular flexibility index (Phi) is 4.15. The Bertz CT molecular complexity index is 767. The fourth-order valence-corrected chi connectivity index (χ4v) is 2.49. The van der Waals surface area contributed by atoms with Crippen LogP contribution in [0.15, 0.2) is 46.3 Å². The van der Waals surface area contributed by atoms with Gasteiger partial charge in [-0.25, -0.2) is 4.79 Å². The number of hydrogen-bond donors (Lipinski definition) is 0. The summed E-state index contributed by atoms with van der Waals surface area (Å²) in [5, 5.41) is 5.78. The van der Waals surface area contributed by atoms with Crippen LogP contribution >= 0.6 is 11.3 Å². The van der Waals surface area contributed by atoms with E-state index in [1.54, 1.807) is 24.3 Å². The smallest absolute Gasteiger partial charge is 0.342 e. The molecule has 0 aliphatic carbocycles. The lowest BCUT2D eigenvalue weighted by Crippen LogP contribution is -2.07. The molecule has 0 radical (unpaired) electrons. The molecule has 7 heteroatoms. The van der Waals surface area contributed by atoms with Crippen molar-refractivity contribution in [3.8, 4) is 16.5 Å². The second-order valence-electron chi connectivity index (χ2n) is 4.27. The quantitative estimate of drug-likeness (QED) is 0.673. The van der Waals surface area contributed by atoms with Crippen LogP contribution in [0.1, 0.15) is 16.2 Å². The van der Waals surface area contributed by atoms with Gasteiger partial charge < -0.3 is 14.0 Å². The molecule has 22 heavy (non-hydrogen) atoms. The van der Waals surface area contributed by atoms with E-state index in [4.69, 9.17) is 14.0 Å². The van der Waals surface area contributed by atoms with Gasteiger partial charge in [0.2, 0.25) is 5.82 Å². The lowest BCUT2D eigenvalue weighted by atomic mass is 10.2. The van der Waals surface area contributed by atoms with Crippen molar-refractivity contribution in [1.29, 1.82) is 0 Å². The molecule has 0 N–H and O–H groups in total. The minimum Gasteiger partial charge on any atom is -0.496 e. The van der Waals surface area contributed by atoms with E-state index in [1.165, 1.54) is 18.4 Å². The van der Waals surface area contributed by atoms with Gasteiger partial charge in [0.25, 0.3) is 5.89 Å². The molecule has 0 amide bonds. The Morgan fingerprint density at radius 2 is 2.14 bits per heavy atom. The van der Waals surface area contributed by atoms with Gasteiger partial charge in [-0.2, -0.15) is 4.98 Å². The number of methoxy groups -OCH3 is 1. The molecule has 0 bridgehead atoms. The van der Waals surface area contributed by atoms with Gasteiger partial charge in [-0.3, -0.25) is 0 Å². The van der Waals surface area contributed by atoms with E-state index in [2.05, 4.69) is 10.1 Å². The van der Waals surface area contributed by atoms with Crippen molar-refractivity contribution in [3.63, 3.8) is 0 Å². The second kappa shape index (κ2) is 6.40. The van der Waals surface area contributed by atoms with E-state index in [0.29, 0.717) is 17.1 Å². The second-order valence-corrected chi connectivity index (χ2v) is 5.21. The Labute approximate surface area is 130 Å². The number of aromatic nitrogens is 2. The number of benzene rings is 1. The highest BCUT2D eigenvalue weighted by molar-refractivity contribution is 7.13. The normalized spacial score (nSPS) is 10.4. The Morgan fingerprint density at radius 1 is 1.27 bits per heavy atom. The number of carbonyl (C=O) groups excluding carboxylic acids is 1. The van der Waals surface area contributed by atoms with Crippen molar-refractivity contribution in [2.75, 3.05) is 7.11 Å². The minimum atomic E-state index is -0.506. The fourth-order valence-electron chi connectivity index (χ4n) is 1.84. The summed E-state index contributed by atoms with van der Waals surface area (Å²) in [5.41, 5.74) is 0.350. The molecule has 112 valence electrons. The summed E-state index contributed by atoms with van der Waals surface area (Å²) in [4.78, 5) is 17.1. The zero-order chi connectivity index (χ0) is 15.4. The molecule has 0 saturated carbocycles. The summed E-state index contributed by atoms with van der Waals surface area (Å²) in [7, 11) is 1.50. The molecule has 2 heterocycles. The van der Waals surface area contributed by atoms with E-state index in [-0.39, 0.29) is 12.5 Å². The number of nitrogens with zero attached hydrogens (tertiary/aromatic N) is 2. The maximum Gasteiger partial charge on any atom is 0.342 e. The molecule has 0 spiro atoms. The van der Waals surface area contributed by atoms with Gasteiger partial charge in [0, 0.05) is 0 Å². The SMILES string of the molecule is COc1ccccc1C(=O)OCc1nc(-c2cccs2)no1. The third-order valence-electron chi connectivity index (χ3n) is 2.86. The Balaban J connectivity index is 1.66. The number of hydrogen-bond acceptors (Lipinski definition) is 7. The average Bonchev–Trinajstić information content (AvgIpc) is 3.23. The average molecular weight is 316 g/mol. The first-order valence-corrected chi connectivity index (χ1v) is 7.32. The summed E-state index contributed by atoms with van der Waals surface area (Å²) in [5.74, 6) is 0.676. The molecule has 0 fully saturated rings. The van der Waals surface area contributed by atoms with Crippen LogP contribution < -0.4 is 4.74 Å². The highest BCUT2D eigenvalue weighted by Crippen LogP contribution is 2.22. The van der Waals surface area contributed by atoms with Gasteiger partial charge >= 0.3 is 5.97 Å². The van der Waals surface area contributed by atoms with Crippen molar-refractivity contribution in [2.45, 2.75) is 6.61 Å². The molecular weight excluding hydrogens is 304 g/mol. The highest BCUT2D eigenvalue weighted by Gasteiger charge is 2.15. The maximum atomic E-state index is 12.0. The number of esters is 1. The van der Waals surface area contributed by atoms with Crippen molar-refractivity contribution < 1.29 is 18.8 Å². The van der Waals surface area contributed by atoms with Gasteiger partial charge in [0.15, 0.2) is 6.61 Å². The van der Waals surface area contributed by atoms with E-state index < -0.39 is 5.97 Å². The van der Waals surface area contributed by atoms with E-state index in [0.717, 1.165) is 4.88 Å². The summed E-state index contributed by atoms with van der Waals surface area (Å²) >= 11 is 1.51. The summed E-state index contributed by atoms with van der Waals surface area (Å²) in [6, 6.07) is 10.6. The standard InChI is InChI=1S/C15H12N2O4S/c1-19-11-6-3-2-5-10(11)15(18)20-9-13-16-14(17-21-13)12-7-4-8-22-12/h2-8H,9H2,1H3. The van der Waals surface area contributed by atoms with Crippen LogP contribution in [0.5, 0.6) is 5.75 Å². The number of rotatable bonds is 5. The van der Waals surface area contributed by atoms with Crippen LogP contribution in [0.4, 0.5) is 0 Å². The van der Waals surface area contributed by atoms with Crippen LogP contribution in [-0.2, 0) is 11.3 Å². The first kappa shape index (κ1) is 14.3. The summed E-state index contributed by atoms with van der Waals surface area (Å²) in [6.07, 6.45) is 0. The van der Waals surface area contributed by atoms with Crippen molar-refractivity contribution in [1.82, 2.24) is 10.1 Å². The molecule has 6 nitrogen and oxygen atoms in total. The van der Waals surface area contributed by atoms with Crippen LogP contribution in [0.25, 0.3) is 10.7 Å². The zero-order valence-corrected chi connectivity index (χ0v) is 12.5. The maximum absolute atomic E-state index is 12.0. The van der Waals surface area contributed by atoms with Gasteiger partial charge in [-0.15, -0.1) is 11.3 Å². The summed E-state index contributed by atoms with van der Waals surface area (Å²) < 4.78 is 15.4. The molecule has 3 aromatic rings. The zero-order valence-electron chi connectivity index (χ0n) is 11.7. The third-order valence-corrected chi connectivity index (χ3v) is 3.73. The Hall–Kier alpha value is -2.67. The van der Waals surface area contributed by atoms with Crippen molar-refractivity contribution in [2.24, 2.45) is 0 Å². The van der Waals surface area contributed by atoms with E-state index in [9.17, 15) is 4.79 Å². The van der Waals surface area contributed by atoms with Gasteiger partial charge in [-0.05, 0) is 23.6 Å². The molecule has 0 aliphatic heterocycles. The van der Waals surface area contributed by atoms with E-state index in [1.807, 2.05) is 17.5 Å². The lowest BCUT2D eigenvalue weighted by molar-refractivity contribution is 0.0426. The van der Waals surface area contributed by atoms with Gasteiger partial charge in [-0.1, -0.05) is 23.4 Å². The molecule has 0 atom stereocenters. The van der Waals surface area contributed by atoms with Crippen LogP contribution in [-0.4, -0.2) is 23.2 Å². The first-order valence-electron chi connectivity index (χ1n) is 6.44. The predicted molar refractivity (Wildman–Crippen MR) is 79.7 cm³/mol. The monoisotopic (exact) mass is 316 g/mol. The van der Waals surface area contributed by atoms with Gasteiger partial charge in [0.1, 0.15) is 11.3 Å². The minimum absolute atomic E-state index is 0.0880. The summed E-state index contributed by atoms with van der Waals surface area (Å²) in [6.45, 7) is -0.0880. The molecule has 0 unspecified atom stereocenters. The van der Waals surface area contributed by atoms with Crippen LogP contribution in [0.3, 0.4) is 0 Å². The largest absolute Gasteiger partial charge is 0.496 e. The van der Waals surface area contributed by atoms with Crippen LogP contribution in [0.2, 0.25) is 0 Å². The molecule has 2 aromatic heterocycles. The lowest BCUT2D eigenvalue weighted by Gasteiger charge is -2.06. The molecule has 3 rings (SSSR count). The number of para-hydroxylation sites is 1. The number of ether oxygens (including phenoxy) is 2. The van der Waals surface area contributed by atoms with Crippen molar-refractivity contribution >= 4 is 17.3 Å². The Morgan fingerprint density at radius 3 is 2.91 bits per heavy atom. The molecular formula is C15H12N2O4S. The first-order chi connectivity index (χ1) is 10.8. The molecule has 1 aromatic carbocycles. The van der Waals surface area contributed by atoms with Gasteiger partial charge in [0.05, 0.1) is 12.0 Å².